The van der Waals surface area contributed by atoms with E-state index < -0.39 is 6.10 Å². The number of aliphatic hydroxyl groups excluding tert-OH is 1. The van der Waals surface area contributed by atoms with Gasteiger partial charge in [0.2, 0.25) is 0 Å². The van der Waals surface area contributed by atoms with Crippen molar-refractivity contribution in [2.45, 2.75) is 12.5 Å². The van der Waals surface area contributed by atoms with Crippen molar-refractivity contribution >= 4 is 72.7 Å². The summed E-state index contributed by atoms with van der Waals surface area (Å²) in [6.07, 6.45) is 0.0713. The Hall–Kier alpha value is 0.630. The summed E-state index contributed by atoms with van der Waals surface area (Å²) < 4.78 is 3.17. The van der Waals surface area contributed by atoms with Gasteiger partial charge in [-0.2, -0.15) is 0 Å². The predicted octanol–water partition coefficient (Wildman–Crippen LogP) is 5.59. The van der Waals surface area contributed by atoms with Crippen LogP contribution in [0.2, 0.25) is 5.02 Å². The number of benzene rings is 2. The fraction of sp³-hybridized carbons (Fsp3) is 0.143. The summed E-state index contributed by atoms with van der Waals surface area (Å²) in [4.78, 5) is 0. The normalized spacial score (nSPS) is 12.5. The van der Waals surface area contributed by atoms with Crippen LogP contribution in [0, 0.1) is 7.14 Å². The molecule has 1 nitrogen and oxygen atoms in total. The first-order valence-electron chi connectivity index (χ1n) is 5.54. The van der Waals surface area contributed by atoms with Crippen LogP contribution < -0.4 is 0 Å². The molecule has 0 fully saturated rings. The first-order valence-corrected chi connectivity index (χ1v) is 8.87. The molecular weight excluding hydrogens is 553 g/mol. The van der Waals surface area contributed by atoms with E-state index in [4.69, 9.17) is 11.6 Å². The largest absolute Gasteiger partial charge is 0.388 e. The highest BCUT2D eigenvalue weighted by atomic mass is 127. The molecule has 0 heterocycles. The Morgan fingerprint density at radius 2 is 1.84 bits per heavy atom. The minimum absolute atomic E-state index is 0.521. The summed E-state index contributed by atoms with van der Waals surface area (Å²) in [6, 6.07) is 11.7. The lowest BCUT2D eigenvalue weighted by Gasteiger charge is -2.14. The third kappa shape index (κ3) is 4.30. The quantitative estimate of drug-likeness (QED) is 0.484. The number of halogens is 4. The molecule has 0 amide bonds. The first-order chi connectivity index (χ1) is 8.97. The Morgan fingerprint density at radius 3 is 2.53 bits per heavy atom. The Morgan fingerprint density at radius 1 is 1.11 bits per heavy atom. The number of aliphatic hydroxyl groups is 1. The van der Waals surface area contributed by atoms with Crippen molar-refractivity contribution in [3.8, 4) is 0 Å². The van der Waals surface area contributed by atoms with Crippen molar-refractivity contribution in [1.29, 1.82) is 0 Å². The molecule has 0 aliphatic heterocycles. The molecule has 0 aliphatic rings. The van der Waals surface area contributed by atoms with Crippen molar-refractivity contribution in [2.24, 2.45) is 0 Å². The highest BCUT2D eigenvalue weighted by Gasteiger charge is 2.14. The minimum Gasteiger partial charge on any atom is -0.388 e. The third-order valence-electron chi connectivity index (χ3n) is 2.74. The van der Waals surface area contributed by atoms with E-state index in [0.29, 0.717) is 11.4 Å². The lowest BCUT2D eigenvalue weighted by Crippen LogP contribution is -2.05. The Bertz CT molecular complexity index is 604. The zero-order valence-electron chi connectivity index (χ0n) is 9.71. The van der Waals surface area contributed by atoms with Crippen LogP contribution in [0.5, 0.6) is 0 Å². The molecule has 1 N–H and O–H groups in total. The minimum atomic E-state index is -0.521. The molecular formula is C14H10BrClI2O. The van der Waals surface area contributed by atoms with Crippen LogP contribution in [0.3, 0.4) is 0 Å². The smallest absolute Gasteiger partial charge is 0.0840 e. The van der Waals surface area contributed by atoms with Gasteiger partial charge in [-0.05, 0) is 86.6 Å². The molecule has 5 heteroatoms. The number of rotatable bonds is 3. The van der Waals surface area contributed by atoms with Crippen LogP contribution >= 0.6 is 72.7 Å². The second-order valence-corrected chi connectivity index (χ2v) is 7.80. The summed E-state index contributed by atoms with van der Waals surface area (Å²) in [7, 11) is 0. The fourth-order valence-corrected chi connectivity index (χ4v) is 3.98. The molecule has 2 rings (SSSR count). The van der Waals surface area contributed by atoms with Crippen LogP contribution in [0.15, 0.2) is 40.9 Å². The molecule has 0 aliphatic carbocycles. The van der Waals surface area contributed by atoms with Gasteiger partial charge in [0.15, 0.2) is 0 Å². The summed E-state index contributed by atoms with van der Waals surface area (Å²) in [5.41, 5.74) is 2.05. The molecule has 0 aromatic heterocycles. The van der Waals surface area contributed by atoms with Gasteiger partial charge in [-0.3, -0.25) is 0 Å². The molecule has 0 saturated carbocycles. The standard InChI is InChI=1S/C14H10BrClI2O/c15-9-1-4-12(17)8(5-9)6-14(19)11-3-2-10(16)7-13(11)18/h1-5,7,14,19H,6H2. The molecule has 19 heavy (non-hydrogen) atoms. The van der Waals surface area contributed by atoms with E-state index in [-0.39, 0.29) is 0 Å². The Balaban J connectivity index is 2.25. The Kier molecular flexibility index (Phi) is 5.95. The van der Waals surface area contributed by atoms with E-state index in [2.05, 4.69) is 61.1 Å². The van der Waals surface area contributed by atoms with Gasteiger partial charge >= 0.3 is 0 Å². The van der Waals surface area contributed by atoms with Gasteiger partial charge in [0.1, 0.15) is 0 Å². The maximum absolute atomic E-state index is 10.4. The van der Waals surface area contributed by atoms with Gasteiger partial charge in [0.05, 0.1) is 6.10 Å². The lowest BCUT2D eigenvalue weighted by molar-refractivity contribution is 0.177. The predicted molar refractivity (Wildman–Crippen MR) is 99.7 cm³/mol. The molecule has 2 aromatic carbocycles. The van der Waals surface area contributed by atoms with Crippen LogP contribution in [0.1, 0.15) is 17.2 Å². The van der Waals surface area contributed by atoms with Crippen molar-refractivity contribution in [2.75, 3.05) is 0 Å². The molecule has 100 valence electrons. The van der Waals surface area contributed by atoms with E-state index in [9.17, 15) is 5.11 Å². The molecule has 0 radical (unpaired) electrons. The maximum Gasteiger partial charge on any atom is 0.0840 e. The van der Waals surface area contributed by atoms with Crippen LogP contribution in [0.25, 0.3) is 0 Å². The molecule has 0 spiro atoms. The fourth-order valence-electron chi connectivity index (χ4n) is 1.79. The highest BCUT2D eigenvalue weighted by molar-refractivity contribution is 14.1. The number of hydrogen-bond donors (Lipinski definition) is 1. The van der Waals surface area contributed by atoms with E-state index in [0.717, 1.165) is 22.7 Å². The molecule has 0 saturated heterocycles. The molecule has 2 aromatic rings. The van der Waals surface area contributed by atoms with Crippen LogP contribution in [-0.4, -0.2) is 5.11 Å². The van der Waals surface area contributed by atoms with Gasteiger partial charge in [0, 0.05) is 23.1 Å². The molecule has 1 atom stereocenters. The average molecular weight is 563 g/mol. The third-order valence-corrected chi connectivity index (χ3v) is 5.46. The van der Waals surface area contributed by atoms with Crippen molar-refractivity contribution in [1.82, 2.24) is 0 Å². The van der Waals surface area contributed by atoms with Gasteiger partial charge in [-0.15, -0.1) is 0 Å². The summed E-state index contributed by atoms with van der Waals surface area (Å²) >= 11 is 13.9. The summed E-state index contributed by atoms with van der Waals surface area (Å²) in [5, 5.41) is 11.1. The van der Waals surface area contributed by atoms with Crippen molar-refractivity contribution < 1.29 is 5.11 Å². The topological polar surface area (TPSA) is 20.2 Å². The zero-order valence-corrected chi connectivity index (χ0v) is 16.4. The van der Waals surface area contributed by atoms with Gasteiger partial charge in [-0.1, -0.05) is 33.6 Å². The number of hydrogen-bond acceptors (Lipinski definition) is 1. The van der Waals surface area contributed by atoms with Gasteiger partial charge < -0.3 is 5.11 Å². The average Bonchev–Trinajstić information content (AvgIpc) is 2.33. The van der Waals surface area contributed by atoms with Gasteiger partial charge in [-0.25, -0.2) is 0 Å². The summed E-state index contributed by atoms with van der Waals surface area (Å²) in [5.74, 6) is 0. The SMILES string of the molecule is OC(Cc1cc(Br)ccc1I)c1ccc(Cl)cc1I. The lowest BCUT2D eigenvalue weighted by atomic mass is 10.0. The summed E-state index contributed by atoms with van der Waals surface area (Å²) in [6.45, 7) is 0. The van der Waals surface area contributed by atoms with Crippen LogP contribution in [0.4, 0.5) is 0 Å². The highest BCUT2D eigenvalue weighted by Crippen LogP contribution is 2.28. The maximum atomic E-state index is 10.4. The second kappa shape index (κ2) is 7.06. The van der Waals surface area contributed by atoms with Crippen molar-refractivity contribution in [3.05, 3.63) is 64.2 Å². The van der Waals surface area contributed by atoms with E-state index >= 15 is 0 Å². The zero-order chi connectivity index (χ0) is 14.0. The van der Waals surface area contributed by atoms with Crippen LogP contribution in [-0.2, 0) is 6.42 Å². The van der Waals surface area contributed by atoms with E-state index in [1.807, 2.05) is 36.4 Å². The second-order valence-electron chi connectivity index (χ2n) is 4.12. The molecule has 1 unspecified atom stereocenters. The first kappa shape index (κ1) is 16.0. The monoisotopic (exact) mass is 562 g/mol. The Labute approximate surface area is 153 Å². The van der Waals surface area contributed by atoms with Crippen molar-refractivity contribution in [3.63, 3.8) is 0 Å². The van der Waals surface area contributed by atoms with E-state index in [1.54, 1.807) is 0 Å². The van der Waals surface area contributed by atoms with Gasteiger partial charge in [0.25, 0.3) is 0 Å². The van der Waals surface area contributed by atoms with E-state index in [1.165, 1.54) is 0 Å². The molecule has 0 bridgehead atoms.